The highest BCUT2D eigenvalue weighted by Gasteiger charge is 2.20. The molecular weight excluding hydrogens is 384 g/mol. The lowest BCUT2D eigenvalue weighted by Crippen LogP contribution is -2.37. The Bertz CT molecular complexity index is 784. The lowest BCUT2D eigenvalue weighted by Gasteiger charge is -2.23. The molecule has 0 unspecified atom stereocenters. The van der Waals surface area contributed by atoms with Crippen molar-refractivity contribution in [3.63, 3.8) is 0 Å². The van der Waals surface area contributed by atoms with Gasteiger partial charge >= 0.3 is 0 Å². The molecule has 6 heteroatoms. The van der Waals surface area contributed by atoms with Crippen LogP contribution >= 0.6 is 15.9 Å². The third kappa shape index (κ3) is 4.97. The van der Waals surface area contributed by atoms with Crippen LogP contribution in [0.3, 0.4) is 0 Å². The van der Waals surface area contributed by atoms with Gasteiger partial charge in [0.1, 0.15) is 11.5 Å². The molecule has 0 saturated heterocycles. The van der Waals surface area contributed by atoms with Crippen LogP contribution in [-0.2, 0) is 11.3 Å². The van der Waals surface area contributed by atoms with Gasteiger partial charge in [0.15, 0.2) is 6.10 Å². The van der Waals surface area contributed by atoms with Gasteiger partial charge in [0, 0.05) is 23.6 Å². The summed E-state index contributed by atoms with van der Waals surface area (Å²) in [5.74, 6) is 1.13. The number of benzene rings is 2. The van der Waals surface area contributed by atoms with Crippen molar-refractivity contribution in [3.05, 3.63) is 58.1 Å². The van der Waals surface area contributed by atoms with Gasteiger partial charge < -0.3 is 14.4 Å². The van der Waals surface area contributed by atoms with Crippen LogP contribution in [0, 0.1) is 11.3 Å². The zero-order chi connectivity index (χ0) is 18.4. The molecular formula is C19H19BrN2O3. The molecule has 0 saturated carbocycles. The van der Waals surface area contributed by atoms with Gasteiger partial charge in [0.2, 0.25) is 0 Å². The number of carbonyl (C=O) groups excluding carboxylic acids is 1. The Morgan fingerprint density at radius 2 is 1.96 bits per heavy atom. The number of nitrogens with zero attached hydrogens (tertiary/aromatic N) is 2. The Morgan fingerprint density at radius 3 is 2.56 bits per heavy atom. The lowest BCUT2D eigenvalue weighted by atomic mass is 10.2. The van der Waals surface area contributed by atoms with E-state index in [0.717, 1.165) is 15.8 Å². The Labute approximate surface area is 155 Å². The molecule has 0 aromatic heterocycles. The number of carbonyl (C=O) groups is 1. The average Bonchev–Trinajstić information content (AvgIpc) is 2.61. The van der Waals surface area contributed by atoms with Gasteiger partial charge in [0.25, 0.3) is 5.91 Å². The van der Waals surface area contributed by atoms with Crippen molar-refractivity contribution < 1.29 is 14.3 Å². The molecule has 1 atom stereocenters. The number of likely N-dealkylation sites (N-methyl/N-ethyl adjacent to an activating group) is 1. The van der Waals surface area contributed by atoms with Crippen LogP contribution in [0.5, 0.6) is 11.5 Å². The zero-order valence-electron chi connectivity index (χ0n) is 14.3. The standard InChI is InChI=1S/C19H19BrN2O3/c1-13(25-17-7-4-14(11-21)5-8-17)19(23)22(2)12-15-10-16(20)6-9-18(15)24-3/h4-10,13H,12H2,1-3H3/t13-/m0/s1. The van der Waals surface area contributed by atoms with Crippen molar-refractivity contribution >= 4 is 21.8 Å². The Kier molecular flexibility index (Phi) is 6.43. The summed E-state index contributed by atoms with van der Waals surface area (Å²) in [5, 5.41) is 8.81. The van der Waals surface area contributed by atoms with Gasteiger partial charge in [-0.2, -0.15) is 5.26 Å². The third-order valence-corrected chi connectivity index (χ3v) is 4.16. The molecule has 0 bridgehead atoms. The molecule has 130 valence electrons. The number of hydrogen-bond donors (Lipinski definition) is 0. The predicted octanol–water partition coefficient (Wildman–Crippen LogP) is 3.76. The molecule has 0 aliphatic carbocycles. The van der Waals surface area contributed by atoms with Crippen LogP contribution in [0.4, 0.5) is 0 Å². The van der Waals surface area contributed by atoms with Gasteiger partial charge in [-0.3, -0.25) is 4.79 Å². The van der Waals surface area contributed by atoms with E-state index in [1.54, 1.807) is 50.2 Å². The van der Waals surface area contributed by atoms with Crippen LogP contribution in [0.15, 0.2) is 46.9 Å². The predicted molar refractivity (Wildman–Crippen MR) is 98.4 cm³/mol. The maximum Gasteiger partial charge on any atom is 0.263 e. The summed E-state index contributed by atoms with van der Waals surface area (Å²) in [4.78, 5) is 14.2. The van der Waals surface area contributed by atoms with E-state index in [2.05, 4.69) is 15.9 Å². The van der Waals surface area contributed by atoms with E-state index in [-0.39, 0.29) is 5.91 Å². The summed E-state index contributed by atoms with van der Waals surface area (Å²) in [6.07, 6.45) is -0.643. The minimum atomic E-state index is -0.643. The summed E-state index contributed by atoms with van der Waals surface area (Å²) >= 11 is 3.43. The van der Waals surface area contributed by atoms with Crippen LogP contribution < -0.4 is 9.47 Å². The van der Waals surface area contributed by atoms with Gasteiger partial charge in [-0.15, -0.1) is 0 Å². The largest absolute Gasteiger partial charge is 0.496 e. The Morgan fingerprint density at radius 1 is 1.28 bits per heavy atom. The minimum absolute atomic E-state index is 0.147. The molecule has 0 aliphatic rings. The summed E-state index contributed by atoms with van der Waals surface area (Å²) in [6, 6.07) is 14.4. The quantitative estimate of drug-likeness (QED) is 0.737. The smallest absolute Gasteiger partial charge is 0.263 e. The SMILES string of the molecule is COc1ccc(Br)cc1CN(C)C(=O)[C@H](C)Oc1ccc(C#N)cc1. The van der Waals surface area contributed by atoms with Crippen LogP contribution in [0.2, 0.25) is 0 Å². The van der Waals surface area contributed by atoms with Crippen molar-refractivity contribution in [2.45, 2.75) is 19.6 Å². The Balaban J connectivity index is 2.03. The molecule has 0 N–H and O–H groups in total. The van der Waals surface area contributed by atoms with Gasteiger partial charge in [0.05, 0.1) is 18.7 Å². The van der Waals surface area contributed by atoms with Crippen LogP contribution in [0.1, 0.15) is 18.1 Å². The number of ether oxygens (including phenoxy) is 2. The first-order valence-electron chi connectivity index (χ1n) is 7.68. The van der Waals surface area contributed by atoms with E-state index in [1.807, 2.05) is 24.3 Å². The van der Waals surface area contributed by atoms with Gasteiger partial charge in [-0.1, -0.05) is 15.9 Å². The first-order valence-corrected chi connectivity index (χ1v) is 8.48. The summed E-state index contributed by atoms with van der Waals surface area (Å²) < 4.78 is 11.9. The second kappa shape index (κ2) is 8.54. The number of nitriles is 1. The third-order valence-electron chi connectivity index (χ3n) is 3.67. The van der Waals surface area contributed by atoms with Crippen molar-refractivity contribution in [3.8, 4) is 17.6 Å². The van der Waals surface area contributed by atoms with Crippen molar-refractivity contribution in [1.82, 2.24) is 4.90 Å². The molecule has 0 radical (unpaired) electrons. The number of methoxy groups -OCH3 is 1. The number of amides is 1. The van der Waals surface area contributed by atoms with Crippen LogP contribution in [0.25, 0.3) is 0 Å². The summed E-state index contributed by atoms with van der Waals surface area (Å²) in [7, 11) is 3.33. The highest BCUT2D eigenvalue weighted by Crippen LogP contribution is 2.24. The maximum absolute atomic E-state index is 12.6. The van der Waals surface area contributed by atoms with E-state index in [4.69, 9.17) is 14.7 Å². The van der Waals surface area contributed by atoms with E-state index < -0.39 is 6.10 Å². The van der Waals surface area contributed by atoms with E-state index in [0.29, 0.717) is 17.9 Å². The van der Waals surface area contributed by atoms with Gasteiger partial charge in [-0.25, -0.2) is 0 Å². The molecule has 2 aromatic carbocycles. The van der Waals surface area contributed by atoms with Crippen LogP contribution in [-0.4, -0.2) is 31.1 Å². The number of hydrogen-bond acceptors (Lipinski definition) is 4. The molecule has 2 rings (SSSR count). The molecule has 25 heavy (non-hydrogen) atoms. The fraction of sp³-hybridized carbons (Fsp3) is 0.263. The molecule has 0 heterocycles. The molecule has 0 fully saturated rings. The van der Waals surface area contributed by atoms with E-state index in [1.165, 1.54) is 0 Å². The van der Waals surface area contributed by atoms with Crippen molar-refractivity contribution in [2.24, 2.45) is 0 Å². The number of rotatable bonds is 6. The highest BCUT2D eigenvalue weighted by molar-refractivity contribution is 9.10. The topological polar surface area (TPSA) is 62.6 Å². The number of halogens is 1. The fourth-order valence-electron chi connectivity index (χ4n) is 2.38. The normalized spacial score (nSPS) is 11.3. The van der Waals surface area contributed by atoms with E-state index >= 15 is 0 Å². The molecule has 0 aliphatic heterocycles. The summed E-state index contributed by atoms with van der Waals surface area (Å²) in [6.45, 7) is 2.11. The Hall–Kier alpha value is -2.52. The van der Waals surface area contributed by atoms with Crippen molar-refractivity contribution in [2.75, 3.05) is 14.2 Å². The molecule has 0 spiro atoms. The zero-order valence-corrected chi connectivity index (χ0v) is 15.9. The lowest BCUT2D eigenvalue weighted by molar-refractivity contribution is -0.137. The second-order valence-electron chi connectivity index (χ2n) is 5.55. The van der Waals surface area contributed by atoms with Gasteiger partial charge in [-0.05, 0) is 49.4 Å². The fourth-order valence-corrected chi connectivity index (χ4v) is 2.79. The molecule has 2 aromatic rings. The second-order valence-corrected chi connectivity index (χ2v) is 6.46. The average molecular weight is 403 g/mol. The minimum Gasteiger partial charge on any atom is -0.496 e. The van der Waals surface area contributed by atoms with Crippen molar-refractivity contribution in [1.29, 1.82) is 5.26 Å². The van der Waals surface area contributed by atoms with E-state index in [9.17, 15) is 4.79 Å². The monoisotopic (exact) mass is 402 g/mol. The molecule has 5 nitrogen and oxygen atoms in total. The maximum atomic E-state index is 12.6. The molecule has 1 amide bonds. The highest BCUT2D eigenvalue weighted by atomic mass is 79.9. The first kappa shape index (κ1) is 18.8. The summed E-state index contributed by atoms with van der Waals surface area (Å²) in [5.41, 5.74) is 1.45. The first-order chi connectivity index (χ1) is 11.9.